The summed E-state index contributed by atoms with van der Waals surface area (Å²) >= 11 is 6.00. The van der Waals surface area contributed by atoms with E-state index in [1.54, 1.807) is 25.3 Å². The molecule has 0 aliphatic carbocycles. The van der Waals surface area contributed by atoms with Crippen molar-refractivity contribution >= 4 is 29.2 Å². The first kappa shape index (κ1) is 18.8. The van der Waals surface area contributed by atoms with Crippen molar-refractivity contribution in [2.24, 2.45) is 0 Å². The Labute approximate surface area is 151 Å². The summed E-state index contributed by atoms with van der Waals surface area (Å²) in [4.78, 5) is 23.6. The first-order valence-corrected chi connectivity index (χ1v) is 8.20. The monoisotopic (exact) mass is 361 g/mol. The highest BCUT2D eigenvalue weighted by atomic mass is 35.5. The van der Waals surface area contributed by atoms with Gasteiger partial charge < -0.3 is 14.8 Å². The number of anilines is 1. The summed E-state index contributed by atoms with van der Waals surface area (Å²) in [6, 6.07) is 12.6. The van der Waals surface area contributed by atoms with Crippen molar-refractivity contribution in [2.45, 2.75) is 19.8 Å². The molecule has 132 valence electrons. The number of benzene rings is 2. The van der Waals surface area contributed by atoms with Crippen LogP contribution in [0, 0.1) is 6.92 Å². The minimum Gasteiger partial charge on any atom is -0.497 e. The number of rotatable bonds is 7. The maximum absolute atomic E-state index is 11.8. The zero-order valence-corrected chi connectivity index (χ0v) is 14.9. The average molecular weight is 362 g/mol. The summed E-state index contributed by atoms with van der Waals surface area (Å²) in [5.41, 5.74) is 2.48. The average Bonchev–Trinajstić information content (AvgIpc) is 2.61. The second-order valence-corrected chi connectivity index (χ2v) is 5.93. The zero-order chi connectivity index (χ0) is 18.2. The van der Waals surface area contributed by atoms with E-state index in [9.17, 15) is 9.59 Å². The van der Waals surface area contributed by atoms with Gasteiger partial charge in [0.1, 0.15) is 5.75 Å². The molecule has 0 radical (unpaired) electrons. The molecule has 5 nitrogen and oxygen atoms in total. The molecule has 0 heterocycles. The summed E-state index contributed by atoms with van der Waals surface area (Å²) in [5.74, 6) is -0.0650. The number of hydrogen-bond acceptors (Lipinski definition) is 4. The lowest BCUT2D eigenvalue weighted by Crippen LogP contribution is -2.21. The second kappa shape index (κ2) is 9.08. The summed E-state index contributed by atoms with van der Waals surface area (Å²) in [7, 11) is 1.60. The predicted octanol–water partition coefficient (Wildman–Crippen LogP) is 3.77. The molecule has 1 amide bonds. The lowest BCUT2D eigenvalue weighted by atomic mass is 10.1. The van der Waals surface area contributed by atoms with Gasteiger partial charge in [0, 0.05) is 17.1 Å². The lowest BCUT2D eigenvalue weighted by molar-refractivity contribution is -0.147. The first-order chi connectivity index (χ1) is 12.0. The molecule has 25 heavy (non-hydrogen) atoms. The largest absolute Gasteiger partial charge is 0.497 e. The highest BCUT2D eigenvalue weighted by Crippen LogP contribution is 2.19. The molecular weight excluding hydrogens is 342 g/mol. The van der Waals surface area contributed by atoms with Crippen LogP contribution in [0.2, 0.25) is 5.02 Å². The van der Waals surface area contributed by atoms with Crippen LogP contribution in [0.1, 0.15) is 17.5 Å². The molecule has 0 saturated heterocycles. The van der Waals surface area contributed by atoms with E-state index >= 15 is 0 Å². The molecule has 0 saturated carbocycles. The number of carbonyl (C=O) groups excluding carboxylic acids is 2. The van der Waals surface area contributed by atoms with Crippen LogP contribution in [0.4, 0.5) is 5.69 Å². The van der Waals surface area contributed by atoms with Crippen LogP contribution < -0.4 is 10.1 Å². The number of esters is 1. The minimum atomic E-state index is -0.423. The van der Waals surface area contributed by atoms with Gasteiger partial charge in [0.25, 0.3) is 5.91 Å². The molecule has 1 N–H and O–H groups in total. The van der Waals surface area contributed by atoms with E-state index in [0.29, 0.717) is 17.1 Å². The van der Waals surface area contributed by atoms with Crippen molar-refractivity contribution < 1.29 is 19.1 Å². The van der Waals surface area contributed by atoms with Gasteiger partial charge in [-0.15, -0.1) is 0 Å². The Morgan fingerprint density at radius 1 is 1.12 bits per heavy atom. The Morgan fingerprint density at radius 2 is 1.84 bits per heavy atom. The van der Waals surface area contributed by atoms with Gasteiger partial charge in [-0.05, 0) is 48.7 Å². The van der Waals surface area contributed by atoms with Gasteiger partial charge in [-0.1, -0.05) is 29.8 Å². The van der Waals surface area contributed by atoms with E-state index in [1.807, 2.05) is 31.2 Å². The minimum absolute atomic E-state index is 0.204. The number of amides is 1. The predicted molar refractivity (Wildman–Crippen MR) is 97.1 cm³/mol. The molecule has 0 aliphatic heterocycles. The van der Waals surface area contributed by atoms with Gasteiger partial charge in [-0.25, -0.2) is 0 Å². The van der Waals surface area contributed by atoms with Crippen LogP contribution in [0.15, 0.2) is 42.5 Å². The molecule has 0 aliphatic rings. The number of nitrogens with one attached hydrogen (secondary N) is 1. The van der Waals surface area contributed by atoms with Crippen molar-refractivity contribution in [3.8, 4) is 5.75 Å². The third-order valence-corrected chi connectivity index (χ3v) is 4.00. The molecule has 0 atom stereocenters. The van der Waals surface area contributed by atoms with Gasteiger partial charge in [0.05, 0.1) is 7.11 Å². The summed E-state index contributed by atoms with van der Waals surface area (Å²) < 4.78 is 10.1. The SMILES string of the molecule is COc1ccc(CCC(=O)OCC(=O)Nc2ccc(C)c(Cl)c2)cc1. The fraction of sp³-hybridized carbons (Fsp3) is 0.263. The van der Waals surface area contributed by atoms with Crippen LogP contribution in [-0.4, -0.2) is 25.6 Å². The van der Waals surface area contributed by atoms with E-state index in [-0.39, 0.29) is 13.0 Å². The quantitative estimate of drug-likeness (QED) is 0.762. The van der Waals surface area contributed by atoms with Gasteiger partial charge in [0.2, 0.25) is 0 Å². The summed E-state index contributed by atoms with van der Waals surface area (Å²) in [6.45, 7) is 1.55. The standard InChI is InChI=1S/C19H20ClNO4/c1-13-3-7-15(11-17(13)20)21-18(22)12-25-19(23)10-6-14-4-8-16(24-2)9-5-14/h3-5,7-9,11H,6,10,12H2,1-2H3,(H,21,22). The highest BCUT2D eigenvalue weighted by molar-refractivity contribution is 6.31. The van der Waals surface area contributed by atoms with E-state index < -0.39 is 11.9 Å². The third-order valence-electron chi connectivity index (χ3n) is 3.60. The molecule has 6 heteroatoms. The van der Waals surface area contributed by atoms with Crippen molar-refractivity contribution in [3.05, 3.63) is 58.6 Å². The molecule has 2 aromatic rings. The van der Waals surface area contributed by atoms with Crippen LogP contribution in [0.25, 0.3) is 0 Å². The molecule has 2 rings (SSSR count). The number of methoxy groups -OCH3 is 1. The highest BCUT2D eigenvalue weighted by Gasteiger charge is 2.09. The molecule has 0 aromatic heterocycles. The van der Waals surface area contributed by atoms with E-state index in [4.69, 9.17) is 21.1 Å². The molecule has 0 spiro atoms. The van der Waals surface area contributed by atoms with Crippen LogP contribution in [0.3, 0.4) is 0 Å². The van der Waals surface area contributed by atoms with E-state index in [2.05, 4.69) is 5.32 Å². The Hall–Kier alpha value is -2.53. The molecule has 2 aromatic carbocycles. The van der Waals surface area contributed by atoms with Gasteiger partial charge in [-0.3, -0.25) is 9.59 Å². The van der Waals surface area contributed by atoms with E-state index in [1.165, 1.54) is 0 Å². The number of aryl methyl sites for hydroxylation is 2. The summed E-state index contributed by atoms with van der Waals surface area (Å²) in [5, 5.41) is 3.20. The topological polar surface area (TPSA) is 64.6 Å². The molecular formula is C19H20ClNO4. The van der Waals surface area contributed by atoms with Gasteiger partial charge in [-0.2, -0.15) is 0 Å². The van der Waals surface area contributed by atoms with Crippen molar-refractivity contribution in [1.29, 1.82) is 0 Å². The van der Waals surface area contributed by atoms with Crippen molar-refractivity contribution in [2.75, 3.05) is 19.0 Å². The van der Waals surface area contributed by atoms with Crippen molar-refractivity contribution in [3.63, 3.8) is 0 Å². The number of halogens is 1. The lowest BCUT2D eigenvalue weighted by Gasteiger charge is -2.08. The van der Waals surface area contributed by atoms with Crippen LogP contribution >= 0.6 is 11.6 Å². The number of carbonyl (C=O) groups is 2. The maximum Gasteiger partial charge on any atom is 0.306 e. The fourth-order valence-corrected chi connectivity index (χ4v) is 2.31. The van der Waals surface area contributed by atoms with Gasteiger partial charge in [0.15, 0.2) is 6.61 Å². The Bertz CT molecular complexity index is 744. The zero-order valence-electron chi connectivity index (χ0n) is 14.2. The maximum atomic E-state index is 11.8. The Morgan fingerprint density at radius 3 is 2.48 bits per heavy atom. The molecule has 0 unspecified atom stereocenters. The smallest absolute Gasteiger partial charge is 0.306 e. The van der Waals surface area contributed by atoms with Gasteiger partial charge >= 0.3 is 5.97 Å². The normalized spacial score (nSPS) is 10.2. The van der Waals surface area contributed by atoms with E-state index in [0.717, 1.165) is 16.9 Å². The van der Waals surface area contributed by atoms with Crippen LogP contribution in [-0.2, 0) is 20.7 Å². The van der Waals surface area contributed by atoms with Crippen molar-refractivity contribution in [1.82, 2.24) is 0 Å². The Balaban J connectivity index is 1.73. The summed E-state index contributed by atoms with van der Waals surface area (Å²) in [6.07, 6.45) is 0.744. The fourth-order valence-electron chi connectivity index (χ4n) is 2.12. The first-order valence-electron chi connectivity index (χ1n) is 7.82. The third kappa shape index (κ3) is 6.12. The number of ether oxygens (including phenoxy) is 2. The number of hydrogen-bond donors (Lipinski definition) is 1. The van der Waals surface area contributed by atoms with Crippen LogP contribution in [0.5, 0.6) is 5.75 Å². The molecule has 0 fully saturated rings. The molecule has 0 bridgehead atoms. The Kier molecular flexibility index (Phi) is 6.83. The second-order valence-electron chi connectivity index (χ2n) is 5.52.